The zero-order valence-electron chi connectivity index (χ0n) is 12.9. The SMILES string of the molecule is CCC(NC)c1cccc(OCc2cccc(OC)c2)c1. The molecule has 1 N–H and O–H groups in total. The Morgan fingerprint density at radius 3 is 2.52 bits per heavy atom. The molecule has 112 valence electrons. The summed E-state index contributed by atoms with van der Waals surface area (Å²) in [6, 6.07) is 16.6. The van der Waals surface area contributed by atoms with Crippen molar-refractivity contribution in [3.8, 4) is 11.5 Å². The van der Waals surface area contributed by atoms with Crippen LogP contribution in [0, 0.1) is 0 Å². The Morgan fingerprint density at radius 2 is 1.81 bits per heavy atom. The lowest BCUT2D eigenvalue weighted by atomic mass is 10.0. The summed E-state index contributed by atoms with van der Waals surface area (Å²) in [5.41, 5.74) is 2.35. The van der Waals surface area contributed by atoms with Gasteiger partial charge in [0.1, 0.15) is 18.1 Å². The quantitative estimate of drug-likeness (QED) is 0.835. The summed E-state index contributed by atoms with van der Waals surface area (Å²) in [7, 11) is 3.66. The average Bonchev–Trinajstić information content (AvgIpc) is 2.55. The molecule has 0 aliphatic heterocycles. The van der Waals surface area contributed by atoms with Crippen LogP contribution in [0.2, 0.25) is 0 Å². The van der Waals surface area contributed by atoms with Crippen LogP contribution in [0.3, 0.4) is 0 Å². The minimum absolute atomic E-state index is 0.366. The van der Waals surface area contributed by atoms with Crippen LogP contribution in [0.1, 0.15) is 30.5 Å². The molecule has 21 heavy (non-hydrogen) atoms. The minimum Gasteiger partial charge on any atom is -0.497 e. The topological polar surface area (TPSA) is 30.5 Å². The first-order chi connectivity index (χ1) is 10.3. The van der Waals surface area contributed by atoms with Crippen LogP contribution >= 0.6 is 0 Å². The maximum atomic E-state index is 5.89. The molecule has 0 amide bonds. The van der Waals surface area contributed by atoms with Crippen LogP contribution in [0.15, 0.2) is 48.5 Å². The maximum Gasteiger partial charge on any atom is 0.120 e. The lowest BCUT2D eigenvalue weighted by Crippen LogP contribution is -2.15. The number of ether oxygens (including phenoxy) is 2. The molecule has 0 fully saturated rings. The van der Waals surface area contributed by atoms with Gasteiger partial charge in [-0.15, -0.1) is 0 Å². The predicted octanol–water partition coefficient (Wildman–Crippen LogP) is 3.94. The van der Waals surface area contributed by atoms with Crippen molar-refractivity contribution in [3.05, 3.63) is 59.7 Å². The molecule has 0 aliphatic carbocycles. The first-order valence-electron chi connectivity index (χ1n) is 7.29. The van der Waals surface area contributed by atoms with E-state index in [1.165, 1.54) is 5.56 Å². The van der Waals surface area contributed by atoms with Gasteiger partial charge in [0.2, 0.25) is 0 Å². The molecule has 0 saturated carbocycles. The second-order valence-electron chi connectivity index (χ2n) is 4.96. The Hall–Kier alpha value is -2.00. The number of benzene rings is 2. The molecule has 0 radical (unpaired) electrons. The van der Waals surface area contributed by atoms with Crippen LogP contribution in [0.4, 0.5) is 0 Å². The van der Waals surface area contributed by atoms with Crippen molar-refractivity contribution in [1.29, 1.82) is 0 Å². The maximum absolute atomic E-state index is 5.89. The number of hydrogen-bond donors (Lipinski definition) is 1. The number of hydrogen-bond acceptors (Lipinski definition) is 3. The van der Waals surface area contributed by atoms with Gasteiger partial charge in [-0.25, -0.2) is 0 Å². The highest BCUT2D eigenvalue weighted by Crippen LogP contribution is 2.22. The van der Waals surface area contributed by atoms with Crippen molar-refractivity contribution in [1.82, 2.24) is 5.32 Å². The summed E-state index contributed by atoms with van der Waals surface area (Å²) in [5.74, 6) is 1.75. The molecule has 1 atom stereocenters. The van der Waals surface area contributed by atoms with Crippen LogP contribution in [0.5, 0.6) is 11.5 Å². The Bertz CT molecular complexity index is 565. The van der Waals surface area contributed by atoms with E-state index in [1.54, 1.807) is 7.11 Å². The fourth-order valence-corrected chi connectivity index (χ4v) is 2.36. The summed E-state index contributed by atoms with van der Waals surface area (Å²) < 4.78 is 11.1. The second kappa shape index (κ2) is 7.70. The Balaban J connectivity index is 2.04. The highest BCUT2D eigenvalue weighted by Gasteiger charge is 2.07. The van der Waals surface area contributed by atoms with Gasteiger partial charge in [-0.3, -0.25) is 0 Å². The molecule has 0 aromatic heterocycles. The van der Waals surface area contributed by atoms with Crippen molar-refractivity contribution in [3.63, 3.8) is 0 Å². The number of rotatable bonds is 7. The molecular weight excluding hydrogens is 262 g/mol. The second-order valence-corrected chi connectivity index (χ2v) is 4.96. The monoisotopic (exact) mass is 285 g/mol. The lowest BCUT2D eigenvalue weighted by Gasteiger charge is -2.15. The van der Waals surface area contributed by atoms with Crippen molar-refractivity contribution in [2.24, 2.45) is 0 Å². The van der Waals surface area contributed by atoms with Crippen LogP contribution in [-0.4, -0.2) is 14.2 Å². The molecule has 3 heteroatoms. The van der Waals surface area contributed by atoms with Crippen molar-refractivity contribution in [2.45, 2.75) is 26.0 Å². The van der Waals surface area contributed by atoms with Crippen LogP contribution < -0.4 is 14.8 Å². The Kier molecular flexibility index (Phi) is 5.64. The highest BCUT2D eigenvalue weighted by atomic mass is 16.5. The van der Waals surface area contributed by atoms with Gasteiger partial charge in [0.05, 0.1) is 7.11 Å². The first-order valence-corrected chi connectivity index (χ1v) is 7.29. The molecular formula is C18H23NO2. The van der Waals surface area contributed by atoms with E-state index in [9.17, 15) is 0 Å². The Morgan fingerprint density at radius 1 is 1.05 bits per heavy atom. The van der Waals surface area contributed by atoms with Gasteiger partial charge in [0.25, 0.3) is 0 Å². The van der Waals surface area contributed by atoms with Gasteiger partial charge in [-0.05, 0) is 48.9 Å². The minimum atomic E-state index is 0.366. The Labute approximate surface area is 126 Å². The summed E-state index contributed by atoms with van der Waals surface area (Å²) >= 11 is 0. The average molecular weight is 285 g/mol. The molecule has 0 aliphatic rings. The summed E-state index contributed by atoms with van der Waals surface area (Å²) in [5, 5.41) is 3.31. The lowest BCUT2D eigenvalue weighted by molar-refractivity contribution is 0.304. The van der Waals surface area contributed by atoms with E-state index >= 15 is 0 Å². The third-order valence-corrected chi connectivity index (χ3v) is 3.56. The van der Waals surface area contributed by atoms with Gasteiger partial charge in [0, 0.05) is 6.04 Å². The molecule has 0 bridgehead atoms. The third-order valence-electron chi connectivity index (χ3n) is 3.56. The third kappa shape index (κ3) is 4.23. The zero-order valence-corrected chi connectivity index (χ0v) is 12.9. The fraction of sp³-hybridized carbons (Fsp3) is 0.333. The highest BCUT2D eigenvalue weighted by molar-refractivity contribution is 5.32. The number of methoxy groups -OCH3 is 1. The molecule has 0 saturated heterocycles. The summed E-state index contributed by atoms with van der Waals surface area (Å²) in [6.07, 6.45) is 1.05. The van der Waals surface area contributed by atoms with Gasteiger partial charge >= 0.3 is 0 Å². The molecule has 2 rings (SSSR count). The summed E-state index contributed by atoms with van der Waals surface area (Å²) in [4.78, 5) is 0. The van der Waals surface area contributed by atoms with Gasteiger partial charge in [0.15, 0.2) is 0 Å². The van der Waals surface area contributed by atoms with Gasteiger partial charge in [-0.2, -0.15) is 0 Å². The smallest absolute Gasteiger partial charge is 0.120 e. The largest absolute Gasteiger partial charge is 0.497 e. The fourth-order valence-electron chi connectivity index (χ4n) is 2.36. The van der Waals surface area contributed by atoms with Crippen molar-refractivity contribution >= 4 is 0 Å². The van der Waals surface area contributed by atoms with E-state index < -0.39 is 0 Å². The predicted molar refractivity (Wildman–Crippen MR) is 85.9 cm³/mol. The van der Waals surface area contributed by atoms with E-state index in [0.717, 1.165) is 23.5 Å². The van der Waals surface area contributed by atoms with E-state index in [4.69, 9.17) is 9.47 Å². The van der Waals surface area contributed by atoms with E-state index in [-0.39, 0.29) is 0 Å². The molecule has 1 unspecified atom stereocenters. The van der Waals surface area contributed by atoms with Crippen molar-refractivity contribution in [2.75, 3.05) is 14.2 Å². The van der Waals surface area contributed by atoms with Gasteiger partial charge in [-0.1, -0.05) is 31.2 Å². The van der Waals surface area contributed by atoms with Crippen LogP contribution in [-0.2, 0) is 6.61 Å². The number of nitrogens with one attached hydrogen (secondary N) is 1. The van der Waals surface area contributed by atoms with Crippen LogP contribution in [0.25, 0.3) is 0 Å². The van der Waals surface area contributed by atoms with E-state index in [2.05, 4.69) is 24.4 Å². The molecule has 2 aromatic carbocycles. The normalized spacial score (nSPS) is 12.0. The summed E-state index contributed by atoms with van der Waals surface area (Å²) in [6.45, 7) is 2.71. The molecule has 3 nitrogen and oxygen atoms in total. The van der Waals surface area contributed by atoms with E-state index in [0.29, 0.717) is 12.6 Å². The van der Waals surface area contributed by atoms with Gasteiger partial charge < -0.3 is 14.8 Å². The molecule has 0 heterocycles. The molecule has 0 spiro atoms. The zero-order chi connectivity index (χ0) is 15.1. The molecule has 2 aromatic rings. The first kappa shape index (κ1) is 15.4. The standard InChI is InChI=1S/C18H23NO2/c1-4-18(19-2)15-8-6-10-17(12-15)21-13-14-7-5-9-16(11-14)20-3/h5-12,18-19H,4,13H2,1-3H3. The van der Waals surface area contributed by atoms with Crippen molar-refractivity contribution < 1.29 is 9.47 Å². The van der Waals surface area contributed by atoms with E-state index in [1.807, 2.05) is 43.4 Å².